The lowest BCUT2D eigenvalue weighted by molar-refractivity contribution is 0.0509. The van der Waals surface area contributed by atoms with Crippen molar-refractivity contribution in [2.75, 3.05) is 18.0 Å². The van der Waals surface area contributed by atoms with E-state index in [1.54, 1.807) is 10.8 Å². The number of nitrogens with one attached hydrogen (secondary N) is 1. The second-order valence-corrected chi connectivity index (χ2v) is 6.40. The maximum absolute atomic E-state index is 11.8. The zero-order valence-electron chi connectivity index (χ0n) is 13.0. The van der Waals surface area contributed by atoms with E-state index in [4.69, 9.17) is 4.74 Å². The normalized spacial score (nSPS) is 18.7. The van der Waals surface area contributed by atoms with Crippen LogP contribution in [0, 0.1) is 0 Å². The van der Waals surface area contributed by atoms with Crippen molar-refractivity contribution in [2.24, 2.45) is 0 Å². The fourth-order valence-electron chi connectivity index (χ4n) is 2.45. The number of rotatable bonds is 2. The van der Waals surface area contributed by atoms with Gasteiger partial charge in [-0.05, 0) is 39.3 Å². The standard InChI is InChI=1S/C14H20N6O2/c1-14(2,3)22-13(21)16-10-6-7-19(8-10)12-5-4-11-17-15-9-20(11)18-12/h4-5,9-10H,6-8H2,1-3H3,(H,16,21)/t10-/m0/s1. The molecule has 1 fully saturated rings. The summed E-state index contributed by atoms with van der Waals surface area (Å²) in [6.07, 6.45) is 2.06. The maximum Gasteiger partial charge on any atom is 0.407 e. The first-order chi connectivity index (χ1) is 10.4. The molecular formula is C14H20N6O2. The smallest absolute Gasteiger partial charge is 0.407 e. The lowest BCUT2D eigenvalue weighted by atomic mass is 10.2. The van der Waals surface area contributed by atoms with Gasteiger partial charge in [0, 0.05) is 13.1 Å². The SMILES string of the molecule is CC(C)(C)OC(=O)N[C@H]1CCN(c2ccc3nncn3n2)C1. The molecule has 0 saturated carbocycles. The molecular weight excluding hydrogens is 284 g/mol. The lowest BCUT2D eigenvalue weighted by Gasteiger charge is -2.22. The van der Waals surface area contributed by atoms with Crippen LogP contribution in [0.25, 0.3) is 5.65 Å². The van der Waals surface area contributed by atoms with E-state index < -0.39 is 5.60 Å². The van der Waals surface area contributed by atoms with Gasteiger partial charge in [-0.3, -0.25) is 0 Å². The van der Waals surface area contributed by atoms with Crippen LogP contribution < -0.4 is 10.2 Å². The average Bonchev–Trinajstić information content (AvgIpc) is 3.03. The van der Waals surface area contributed by atoms with Crippen LogP contribution in [0.3, 0.4) is 0 Å². The van der Waals surface area contributed by atoms with Crippen molar-refractivity contribution in [1.29, 1.82) is 0 Å². The Balaban J connectivity index is 1.61. The monoisotopic (exact) mass is 304 g/mol. The molecule has 1 aliphatic heterocycles. The van der Waals surface area contributed by atoms with E-state index in [0.717, 1.165) is 18.8 Å². The van der Waals surface area contributed by atoms with E-state index in [0.29, 0.717) is 12.2 Å². The maximum atomic E-state index is 11.8. The summed E-state index contributed by atoms with van der Waals surface area (Å²) < 4.78 is 6.93. The number of fused-ring (bicyclic) bond motifs is 1. The first-order valence-corrected chi connectivity index (χ1v) is 7.32. The highest BCUT2D eigenvalue weighted by molar-refractivity contribution is 5.68. The molecule has 0 spiro atoms. The molecule has 8 heteroatoms. The predicted octanol–water partition coefficient (Wildman–Crippen LogP) is 1.23. The minimum atomic E-state index is -0.483. The Morgan fingerprint density at radius 1 is 1.41 bits per heavy atom. The van der Waals surface area contributed by atoms with Crippen LogP contribution >= 0.6 is 0 Å². The number of hydrogen-bond donors (Lipinski definition) is 1. The molecule has 1 aliphatic rings. The van der Waals surface area contributed by atoms with Crippen molar-refractivity contribution in [2.45, 2.75) is 38.8 Å². The summed E-state index contributed by atoms with van der Waals surface area (Å²) in [4.78, 5) is 13.9. The first-order valence-electron chi connectivity index (χ1n) is 7.32. The molecule has 1 atom stereocenters. The van der Waals surface area contributed by atoms with E-state index in [9.17, 15) is 4.79 Å². The van der Waals surface area contributed by atoms with E-state index in [2.05, 4.69) is 25.5 Å². The van der Waals surface area contributed by atoms with Gasteiger partial charge in [0.2, 0.25) is 0 Å². The molecule has 22 heavy (non-hydrogen) atoms. The van der Waals surface area contributed by atoms with Crippen molar-refractivity contribution in [1.82, 2.24) is 25.1 Å². The summed E-state index contributed by atoms with van der Waals surface area (Å²) in [5, 5.41) is 15.1. The lowest BCUT2D eigenvalue weighted by Crippen LogP contribution is -2.40. The molecule has 1 saturated heterocycles. The van der Waals surface area contributed by atoms with Gasteiger partial charge in [0.05, 0.1) is 6.04 Å². The van der Waals surface area contributed by atoms with Gasteiger partial charge in [-0.2, -0.15) is 4.52 Å². The molecule has 0 radical (unpaired) electrons. The molecule has 8 nitrogen and oxygen atoms in total. The summed E-state index contributed by atoms with van der Waals surface area (Å²) >= 11 is 0. The zero-order valence-corrected chi connectivity index (χ0v) is 13.0. The third kappa shape index (κ3) is 3.26. The Labute approximate surface area is 128 Å². The van der Waals surface area contributed by atoms with E-state index in [1.165, 1.54) is 0 Å². The van der Waals surface area contributed by atoms with Gasteiger partial charge < -0.3 is 15.0 Å². The van der Waals surface area contributed by atoms with E-state index in [-0.39, 0.29) is 12.1 Å². The Hall–Kier alpha value is -2.38. The Morgan fingerprint density at radius 3 is 3.00 bits per heavy atom. The van der Waals surface area contributed by atoms with Crippen LogP contribution in [0.15, 0.2) is 18.5 Å². The highest BCUT2D eigenvalue weighted by atomic mass is 16.6. The zero-order chi connectivity index (χ0) is 15.7. The van der Waals surface area contributed by atoms with Crippen molar-refractivity contribution in [3.63, 3.8) is 0 Å². The third-order valence-corrected chi connectivity index (χ3v) is 3.38. The minimum absolute atomic E-state index is 0.0632. The Kier molecular flexibility index (Phi) is 3.59. The number of carbonyl (C=O) groups excluding carboxylic acids is 1. The van der Waals surface area contributed by atoms with Gasteiger partial charge in [-0.25, -0.2) is 4.79 Å². The minimum Gasteiger partial charge on any atom is -0.444 e. The van der Waals surface area contributed by atoms with Gasteiger partial charge in [-0.1, -0.05) is 0 Å². The molecule has 3 heterocycles. The fraction of sp³-hybridized carbons (Fsp3) is 0.571. The van der Waals surface area contributed by atoms with Gasteiger partial charge >= 0.3 is 6.09 Å². The summed E-state index contributed by atoms with van der Waals surface area (Å²) in [6.45, 7) is 7.10. The quantitative estimate of drug-likeness (QED) is 0.898. The fourth-order valence-corrected chi connectivity index (χ4v) is 2.45. The molecule has 1 amide bonds. The molecule has 0 bridgehead atoms. The summed E-state index contributed by atoms with van der Waals surface area (Å²) in [7, 11) is 0. The topological polar surface area (TPSA) is 84.6 Å². The highest BCUT2D eigenvalue weighted by Crippen LogP contribution is 2.18. The molecule has 0 unspecified atom stereocenters. The second kappa shape index (κ2) is 5.43. The molecule has 1 N–H and O–H groups in total. The van der Waals surface area contributed by atoms with Gasteiger partial charge in [0.25, 0.3) is 0 Å². The molecule has 3 rings (SSSR count). The van der Waals surface area contributed by atoms with Crippen molar-refractivity contribution < 1.29 is 9.53 Å². The number of ether oxygens (including phenoxy) is 1. The summed E-state index contributed by atoms with van der Waals surface area (Å²) in [5.74, 6) is 0.848. The number of anilines is 1. The van der Waals surface area contributed by atoms with Crippen LogP contribution in [-0.4, -0.2) is 50.6 Å². The summed E-state index contributed by atoms with van der Waals surface area (Å²) in [6, 6.07) is 3.86. The molecule has 0 aromatic carbocycles. The van der Waals surface area contributed by atoms with Gasteiger partial charge in [-0.15, -0.1) is 15.3 Å². The van der Waals surface area contributed by atoms with Crippen molar-refractivity contribution >= 4 is 17.6 Å². The van der Waals surface area contributed by atoms with E-state index >= 15 is 0 Å². The van der Waals surface area contributed by atoms with Crippen LogP contribution in [0.4, 0.5) is 10.6 Å². The predicted molar refractivity (Wildman–Crippen MR) is 80.8 cm³/mol. The van der Waals surface area contributed by atoms with Crippen LogP contribution in [0.5, 0.6) is 0 Å². The molecule has 2 aromatic rings. The molecule has 118 valence electrons. The first kappa shape index (κ1) is 14.6. The number of aromatic nitrogens is 4. The van der Waals surface area contributed by atoms with Crippen LogP contribution in [0.1, 0.15) is 27.2 Å². The molecule has 0 aliphatic carbocycles. The number of hydrogen-bond acceptors (Lipinski definition) is 6. The summed E-state index contributed by atoms with van der Waals surface area (Å²) in [5.41, 5.74) is 0.231. The van der Waals surface area contributed by atoms with Crippen molar-refractivity contribution in [3.05, 3.63) is 18.5 Å². The number of alkyl carbamates (subject to hydrolysis) is 1. The Bertz CT molecular complexity index is 677. The third-order valence-electron chi connectivity index (χ3n) is 3.38. The van der Waals surface area contributed by atoms with Crippen LogP contribution in [-0.2, 0) is 4.74 Å². The number of carbonyl (C=O) groups is 1. The number of amides is 1. The Morgan fingerprint density at radius 2 is 2.23 bits per heavy atom. The number of nitrogens with zero attached hydrogens (tertiary/aromatic N) is 5. The highest BCUT2D eigenvalue weighted by Gasteiger charge is 2.27. The second-order valence-electron chi connectivity index (χ2n) is 6.40. The molecule has 2 aromatic heterocycles. The van der Waals surface area contributed by atoms with Crippen LogP contribution in [0.2, 0.25) is 0 Å². The average molecular weight is 304 g/mol. The van der Waals surface area contributed by atoms with Crippen molar-refractivity contribution in [3.8, 4) is 0 Å². The van der Waals surface area contributed by atoms with Gasteiger partial charge in [0.1, 0.15) is 17.7 Å². The van der Waals surface area contributed by atoms with E-state index in [1.807, 2.05) is 32.9 Å². The largest absolute Gasteiger partial charge is 0.444 e. The van der Waals surface area contributed by atoms with Gasteiger partial charge in [0.15, 0.2) is 5.65 Å².